The van der Waals surface area contributed by atoms with E-state index < -0.39 is 0 Å². The Labute approximate surface area is 176 Å². The zero-order valence-corrected chi connectivity index (χ0v) is 17.8. The number of halogens is 1. The van der Waals surface area contributed by atoms with Gasteiger partial charge in [0.05, 0.1) is 11.3 Å². The number of hydrogen-bond donors (Lipinski definition) is 0. The third kappa shape index (κ3) is 3.69. The zero-order chi connectivity index (χ0) is 18.9. The normalized spacial score (nSPS) is 17.2. The number of hydrogen-bond acceptors (Lipinski definition) is 7. The summed E-state index contributed by atoms with van der Waals surface area (Å²) in [6.07, 6.45) is 6.20. The van der Waals surface area contributed by atoms with Crippen LogP contribution in [0, 0.1) is 0 Å². The van der Waals surface area contributed by atoms with Gasteiger partial charge in [-0.2, -0.15) is 0 Å². The molecule has 0 spiro atoms. The Morgan fingerprint density at radius 2 is 1.86 bits per heavy atom. The highest BCUT2D eigenvalue weighted by atomic mass is 79.9. The van der Waals surface area contributed by atoms with Crippen LogP contribution in [0.2, 0.25) is 0 Å². The van der Waals surface area contributed by atoms with Gasteiger partial charge in [-0.25, -0.2) is 0 Å². The summed E-state index contributed by atoms with van der Waals surface area (Å²) in [5, 5.41) is 18.4. The number of rotatable bonds is 6. The molecule has 2 aliphatic rings. The molecule has 0 amide bonds. The number of anilines is 1. The van der Waals surface area contributed by atoms with E-state index in [-0.39, 0.29) is 0 Å². The molecule has 0 radical (unpaired) electrons. The van der Waals surface area contributed by atoms with Crippen molar-refractivity contribution in [1.82, 2.24) is 25.0 Å². The van der Waals surface area contributed by atoms with E-state index in [4.69, 9.17) is 4.42 Å². The van der Waals surface area contributed by atoms with E-state index in [1.807, 2.05) is 24.3 Å². The van der Waals surface area contributed by atoms with Crippen LogP contribution in [0.3, 0.4) is 0 Å². The molecule has 3 heterocycles. The molecule has 2 aromatic heterocycles. The molecule has 3 aromatic rings. The fraction of sp³-hybridized carbons (Fsp3) is 0.474. The minimum Gasteiger partial charge on any atom is -0.420 e. The maximum absolute atomic E-state index is 5.87. The van der Waals surface area contributed by atoms with Gasteiger partial charge in [-0.15, -0.1) is 20.4 Å². The first-order valence-corrected chi connectivity index (χ1v) is 11.5. The summed E-state index contributed by atoms with van der Waals surface area (Å²) in [7, 11) is 0. The summed E-state index contributed by atoms with van der Waals surface area (Å²) in [6, 6.07) is 8.38. The van der Waals surface area contributed by atoms with Crippen LogP contribution in [0.1, 0.15) is 44.0 Å². The van der Waals surface area contributed by atoms with Crippen molar-refractivity contribution in [2.75, 3.05) is 18.0 Å². The second-order valence-corrected chi connectivity index (χ2v) is 9.00. The summed E-state index contributed by atoms with van der Waals surface area (Å²) < 4.78 is 9.13. The van der Waals surface area contributed by atoms with Gasteiger partial charge in [0.25, 0.3) is 0 Å². The molecule has 1 saturated carbocycles. The van der Waals surface area contributed by atoms with E-state index >= 15 is 0 Å². The summed E-state index contributed by atoms with van der Waals surface area (Å²) in [6.45, 7) is 2.16. The summed E-state index contributed by atoms with van der Waals surface area (Å²) in [4.78, 5) is 2.39. The lowest BCUT2D eigenvalue weighted by atomic mass is 10.1. The topological polar surface area (TPSA) is 72.9 Å². The van der Waals surface area contributed by atoms with Crippen LogP contribution in [0.15, 0.2) is 38.3 Å². The smallest absolute Gasteiger partial charge is 0.248 e. The van der Waals surface area contributed by atoms with Gasteiger partial charge in [0.15, 0.2) is 5.16 Å². The van der Waals surface area contributed by atoms with Gasteiger partial charge < -0.3 is 9.32 Å². The number of piperidine rings is 1. The predicted molar refractivity (Wildman–Crippen MR) is 111 cm³/mol. The van der Waals surface area contributed by atoms with Crippen LogP contribution in [0.25, 0.3) is 11.5 Å². The van der Waals surface area contributed by atoms with Gasteiger partial charge in [-0.1, -0.05) is 23.9 Å². The molecule has 146 valence electrons. The Morgan fingerprint density at radius 3 is 2.64 bits per heavy atom. The second kappa shape index (κ2) is 7.87. The van der Waals surface area contributed by atoms with E-state index in [1.165, 1.54) is 32.1 Å². The van der Waals surface area contributed by atoms with Gasteiger partial charge in [-0.3, -0.25) is 4.57 Å². The quantitative estimate of drug-likeness (QED) is 0.493. The lowest BCUT2D eigenvalue weighted by molar-refractivity contribution is 0.527. The molecule has 0 bridgehead atoms. The van der Waals surface area contributed by atoms with Crippen molar-refractivity contribution >= 4 is 33.6 Å². The van der Waals surface area contributed by atoms with Crippen LogP contribution in [-0.2, 0) is 5.75 Å². The first kappa shape index (κ1) is 18.2. The lowest BCUT2D eigenvalue weighted by Crippen LogP contribution is -2.31. The Kier molecular flexibility index (Phi) is 5.11. The van der Waals surface area contributed by atoms with Crippen molar-refractivity contribution in [2.45, 2.75) is 49.1 Å². The minimum atomic E-state index is 0.528. The van der Waals surface area contributed by atoms with E-state index in [0.717, 1.165) is 34.2 Å². The van der Waals surface area contributed by atoms with Crippen LogP contribution in [0.5, 0.6) is 0 Å². The first-order valence-electron chi connectivity index (χ1n) is 9.69. The van der Waals surface area contributed by atoms with E-state index in [9.17, 15) is 0 Å². The fourth-order valence-electron chi connectivity index (χ4n) is 3.51. The number of nitrogens with zero attached hydrogens (tertiary/aromatic N) is 6. The Morgan fingerprint density at radius 1 is 1.04 bits per heavy atom. The van der Waals surface area contributed by atoms with Gasteiger partial charge >= 0.3 is 0 Å². The van der Waals surface area contributed by atoms with Crippen LogP contribution < -0.4 is 4.90 Å². The Balaban J connectivity index is 1.32. The molecule has 0 N–H and O–H groups in total. The molecule has 1 aromatic carbocycles. The van der Waals surface area contributed by atoms with E-state index in [0.29, 0.717) is 23.6 Å². The van der Waals surface area contributed by atoms with Crippen LogP contribution >= 0.6 is 27.7 Å². The van der Waals surface area contributed by atoms with Crippen LogP contribution in [-0.4, -0.2) is 38.1 Å². The summed E-state index contributed by atoms with van der Waals surface area (Å²) in [5.74, 6) is 2.74. The average molecular weight is 461 g/mol. The predicted octanol–water partition coefficient (Wildman–Crippen LogP) is 4.71. The first-order chi connectivity index (χ1) is 13.8. The Bertz CT molecular complexity index is 963. The molecule has 28 heavy (non-hydrogen) atoms. The maximum Gasteiger partial charge on any atom is 0.248 e. The van der Waals surface area contributed by atoms with Crippen molar-refractivity contribution < 1.29 is 4.42 Å². The average Bonchev–Trinajstić information content (AvgIpc) is 3.30. The maximum atomic E-state index is 5.87. The molecule has 0 atom stereocenters. The highest BCUT2D eigenvalue weighted by Crippen LogP contribution is 2.41. The van der Waals surface area contributed by atoms with Crippen molar-refractivity contribution in [1.29, 1.82) is 0 Å². The molecular formula is C19H21BrN6OS. The minimum absolute atomic E-state index is 0.528. The molecule has 2 fully saturated rings. The van der Waals surface area contributed by atoms with Gasteiger partial charge in [0.2, 0.25) is 17.7 Å². The zero-order valence-electron chi connectivity index (χ0n) is 15.4. The Hall–Kier alpha value is -1.87. The van der Waals surface area contributed by atoms with E-state index in [2.05, 4.69) is 45.8 Å². The highest BCUT2D eigenvalue weighted by molar-refractivity contribution is 9.10. The fourth-order valence-corrected chi connectivity index (χ4v) is 4.80. The van der Waals surface area contributed by atoms with Crippen molar-refractivity contribution in [3.8, 4) is 11.5 Å². The molecule has 1 saturated heterocycles. The lowest BCUT2D eigenvalue weighted by Gasteiger charge is -2.27. The molecular weight excluding hydrogens is 440 g/mol. The van der Waals surface area contributed by atoms with Gasteiger partial charge in [0.1, 0.15) is 0 Å². The summed E-state index contributed by atoms with van der Waals surface area (Å²) >= 11 is 5.15. The molecule has 0 unspecified atom stereocenters. The highest BCUT2D eigenvalue weighted by Gasteiger charge is 2.32. The van der Waals surface area contributed by atoms with Crippen molar-refractivity contribution in [3.05, 3.63) is 34.6 Å². The SMILES string of the molecule is Brc1ccccc1-c1nnc(CSc2nnc(N3CCCCC3)n2C2CC2)o1. The monoisotopic (exact) mass is 460 g/mol. The molecule has 9 heteroatoms. The second-order valence-electron chi connectivity index (χ2n) is 7.20. The van der Waals surface area contributed by atoms with Crippen molar-refractivity contribution in [2.24, 2.45) is 0 Å². The standard InChI is InChI=1S/C19H21BrN6OS/c20-15-7-3-2-6-14(15)17-22-21-16(27-17)12-28-19-24-23-18(26(19)13-8-9-13)25-10-4-1-5-11-25/h2-3,6-7,13H,1,4-5,8-12H2. The van der Waals surface area contributed by atoms with E-state index in [1.54, 1.807) is 11.8 Å². The van der Waals surface area contributed by atoms with Gasteiger partial charge in [0, 0.05) is 23.6 Å². The van der Waals surface area contributed by atoms with Gasteiger partial charge in [-0.05, 0) is 60.2 Å². The molecule has 1 aliphatic heterocycles. The summed E-state index contributed by atoms with van der Waals surface area (Å²) in [5.41, 5.74) is 0.903. The van der Waals surface area contributed by atoms with Crippen LogP contribution in [0.4, 0.5) is 5.95 Å². The number of aromatic nitrogens is 5. The largest absolute Gasteiger partial charge is 0.420 e. The third-order valence-electron chi connectivity index (χ3n) is 5.09. The number of benzene rings is 1. The molecule has 1 aliphatic carbocycles. The number of thioether (sulfide) groups is 1. The van der Waals surface area contributed by atoms with Crippen molar-refractivity contribution in [3.63, 3.8) is 0 Å². The molecule has 5 rings (SSSR count). The molecule has 7 nitrogen and oxygen atoms in total. The third-order valence-corrected chi connectivity index (χ3v) is 6.71.